The van der Waals surface area contributed by atoms with Gasteiger partial charge < -0.3 is 27.1 Å². The highest BCUT2D eigenvalue weighted by Crippen LogP contribution is 2.44. The minimum absolute atomic E-state index is 0.000980. The van der Waals surface area contributed by atoms with E-state index in [-0.39, 0.29) is 44.9 Å². The first-order valence-corrected chi connectivity index (χ1v) is 12.1. The van der Waals surface area contributed by atoms with E-state index in [0.29, 0.717) is 11.8 Å². The molecule has 0 radical (unpaired) electrons. The van der Waals surface area contributed by atoms with Crippen molar-refractivity contribution in [2.45, 2.75) is 31.1 Å². The summed E-state index contributed by atoms with van der Waals surface area (Å²) < 4.78 is 39.3. The molecule has 0 bridgehead atoms. The largest absolute Gasteiger partial charge is 0.477 e. The maximum Gasteiger partial charge on any atom is 0.429 e. The normalized spacial score (nSPS) is 21.4. The summed E-state index contributed by atoms with van der Waals surface area (Å²) in [5.74, 6) is -3.38. The lowest BCUT2D eigenvalue weighted by atomic mass is 9.86. The van der Waals surface area contributed by atoms with Gasteiger partial charge in [-0.1, -0.05) is 28.1 Å². The first kappa shape index (κ1) is 27.1. The summed E-state index contributed by atoms with van der Waals surface area (Å²) in [6.45, 7) is 0. The first-order chi connectivity index (χ1) is 16.3. The summed E-state index contributed by atoms with van der Waals surface area (Å²) in [5, 5.41) is 28.7. The number of alkyl halides is 3. The number of fused-ring (bicyclic) bond motifs is 1. The van der Waals surface area contributed by atoms with E-state index in [1.54, 1.807) is 0 Å². The number of hydrogen-bond donors (Lipinski definition) is 6. The molecule has 12 nitrogen and oxygen atoms in total. The van der Waals surface area contributed by atoms with E-state index in [1.807, 2.05) is 0 Å². The number of hydrogen-bond acceptors (Lipinski definition) is 11. The summed E-state index contributed by atoms with van der Waals surface area (Å²) in [5.41, 5.74) is 7.52. The number of carbonyl (C=O) groups excluding carboxylic acids is 2. The van der Waals surface area contributed by atoms with Gasteiger partial charge in [-0.25, -0.2) is 9.78 Å². The molecule has 0 aliphatic carbocycles. The number of aromatic nitrogens is 1. The standard InChI is InChI=1S/C16H15ClF3N7O5S3/c17-10-6(25-15(22)34-10)7(26-32)12(28)24-5-3-1-2-4(8(14(30)31)27(3)13(5)29)33-11(21)9(35-23)16(18,19)20/h3,5,32H,1-2,21,23H2,(H2,22,25)(H,24,28)(H,30,31)/p+1/b11-9+,26-7-/t3-,5+/m1/s1. The van der Waals surface area contributed by atoms with Crippen LogP contribution in [0.1, 0.15) is 18.5 Å². The van der Waals surface area contributed by atoms with Crippen molar-refractivity contribution in [1.29, 1.82) is 0 Å². The number of quaternary nitrogens is 1. The third kappa shape index (κ3) is 5.21. The number of thiazole rings is 1. The van der Waals surface area contributed by atoms with Crippen LogP contribution >= 0.6 is 46.6 Å². The maximum absolute atomic E-state index is 13.1. The molecule has 3 rings (SSSR count). The highest BCUT2D eigenvalue weighted by Gasteiger charge is 2.54. The molecule has 3 heterocycles. The number of nitrogens with one attached hydrogen (secondary N) is 1. The van der Waals surface area contributed by atoms with Crippen molar-refractivity contribution in [3.63, 3.8) is 0 Å². The highest BCUT2D eigenvalue weighted by molar-refractivity contribution is 8.08. The van der Waals surface area contributed by atoms with Crippen LogP contribution in [0.2, 0.25) is 4.34 Å². The molecule has 1 saturated heterocycles. The number of nitrogen functional groups attached to an aromatic ring is 1. The number of carboxylic acid groups (broad SMARTS) is 1. The van der Waals surface area contributed by atoms with Crippen LogP contribution in [-0.4, -0.2) is 62.0 Å². The fourth-order valence-corrected chi connectivity index (χ4v) is 5.96. The fraction of sp³-hybridized carbons (Fsp3) is 0.312. The molecular weight excluding hydrogens is 559 g/mol. The molecule has 1 fully saturated rings. The van der Waals surface area contributed by atoms with Crippen LogP contribution in [0.15, 0.2) is 25.7 Å². The van der Waals surface area contributed by atoms with Gasteiger partial charge in [0.25, 0.3) is 11.8 Å². The van der Waals surface area contributed by atoms with Crippen LogP contribution in [0.25, 0.3) is 0 Å². The number of amides is 2. The molecule has 0 unspecified atom stereocenters. The zero-order chi connectivity index (χ0) is 26.2. The minimum atomic E-state index is -4.79. The zero-order valence-corrected chi connectivity index (χ0v) is 20.3. The molecule has 2 aliphatic rings. The Morgan fingerprint density at radius 2 is 2.06 bits per heavy atom. The van der Waals surface area contributed by atoms with Crippen LogP contribution in [0.4, 0.5) is 18.3 Å². The Hall–Kier alpha value is -2.51. The predicted molar refractivity (Wildman–Crippen MR) is 122 cm³/mol. The molecule has 0 saturated carbocycles. The molecule has 0 aromatic carbocycles. The number of aliphatic carboxylic acids is 1. The van der Waals surface area contributed by atoms with Crippen LogP contribution < -0.4 is 21.9 Å². The number of carboxylic acids is 1. The molecule has 2 amide bonds. The van der Waals surface area contributed by atoms with E-state index in [0.717, 1.165) is 16.2 Å². The van der Waals surface area contributed by atoms with E-state index in [4.69, 9.17) is 22.5 Å². The number of oxime groups is 1. The number of thioether (sulfide) groups is 1. The third-order valence-electron chi connectivity index (χ3n) is 4.90. The van der Waals surface area contributed by atoms with Crippen LogP contribution in [-0.2, 0) is 14.4 Å². The Bertz CT molecular complexity index is 1190. The SMILES string of the molecule is NS/C(=C(\[NH3+])SC1=C(C(=O)O)N2C(=O)[C@@H](NC(=O)/C(=N\O)c3nc(N)sc3Cl)[C@H]2CC1)C(F)(F)F. The Balaban J connectivity index is 1.84. The van der Waals surface area contributed by atoms with Crippen LogP contribution in [0.3, 0.4) is 0 Å². The van der Waals surface area contributed by atoms with E-state index < -0.39 is 57.4 Å². The van der Waals surface area contributed by atoms with Crippen molar-refractivity contribution < 1.29 is 43.6 Å². The van der Waals surface area contributed by atoms with Gasteiger partial charge in [0.05, 0.1) is 6.04 Å². The van der Waals surface area contributed by atoms with Gasteiger partial charge in [0, 0.05) is 4.91 Å². The molecule has 1 aromatic heterocycles. The van der Waals surface area contributed by atoms with E-state index in [9.17, 15) is 37.9 Å². The quantitative estimate of drug-likeness (QED) is 0.0879. The Morgan fingerprint density at radius 1 is 1.40 bits per heavy atom. The molecule has 0 spiro atoms. The molecule has 2 atom stereocenters. The van der Waals surface area contributed by atoms with E-state index in [2.05, 4.69) is 21.2 Å². The number of nitrogens with two attached hydrogens (primary N) is 2. The number of nitrogens with zero attached hydrogens (tertiary/aromatic N) is 3. The van der Waals surface area contributed by atoms with Gasteiger partial charge in [0.1, 0.15) is 21.8 Å². The Kier molecular flexibility index (Phi) is 7.92. The average Bonchev–Trinajstić information content (AvgIpc) is 3.08. The molecular formula is C16H16ClF3N7O5S3+. The number of carbonyl (C=O) groups is 3. The number of allylic oxidation sites excluding steroid dienone is 2. The van der Waals surface area contributed by atoms with Gasteiger partial charge in [-0.2, -0.15) is 13.2 Å². The van der Waals surface area contributed by atoms with Crippen molar-refractivity contribution in [3.05, 3.63) is 30.6 Å². The Labute approximate surface area is 211 Å². The lowest BCUT2D eigenvalue weighted by Crippen LogP contribution is -2.72. The monoisotopic (exact) mass is 574 g/mol. The van der Waals surface area contributed by atoms with Gasteiger partial charge in [0.15, 0.2) is 20.8 Å². The number of β-lactam (4-membered cyclic amide) rings is 1. The summed E-state index contributed by atoms with van der Waals surface area (Å²) in [6, 6.07) is -1.99. The van der Waals surface area contributed by atoms with E-state index in [1.165, 1.54) is 0 Å². The van der Waals surface area contributed by atoms with Gasteiger partial charge in [0.2, 0.25) is 0 Å². The molecule has 35 heavy (non-hydrogen) atoms. The highest BCUT2D eigenvalue weighted by atomic mass is 35.5. The zero-order valence-electron chi connectivity index (χ0n) is 17.1. The van der Waals surface area contributed by atoms with Crippen molar-refractivity contribution in [3.8, 4) is 0 Å². The summed E-state index contributed by atoms with van der Waals surface area (Å²) >= 11 is 7.14. The summed E-state index contributed by atoms with van der Waals surface area (Å²) in [7, 11) is 0. The maximum atomic E-state index is 13.1. The van der Waals surface area contributed by atoms with Gasteiger partial charge in [-0.15, -0.1) is 0 Å². The third-order valence-corrected chi connectivity index (χ3v) is 7.92. The number of halogens is 4. The molecule has 19 heteroatoms. The molecule has 10 N–H and O–H groups in total. The average molecular weight is 575 g/mol. The van der Waals surface area contributed by atoms with Crippen LogP contribution in [0.5, 0.6) is 0 Å². The smallest absolute Gasteiger partial charge is 0.429 e. The predicted octanol–water partition coefficient (Wildman–Crippen LogP) is 0.656. The molecule has 2 aliphatic heterocycles. The van der Waals surface area contributed by atoms with Crippen molar-refractivity contribution in [2.24, 2.45) is 10.3 Å². The second-order valence-corrected chi connectivity index (χ2v) is 10.4. The van der Waals surface area contributed by atoms with Gasteiger partial charge >= 0.3 is 12.1 Å². The van der Waals surface area contributed by atoms with Gasteiger partial charge in [-0.3, -0.25) is 19.6 Å². The second-order valence-electron chi connectivity index (χ2n) is 6.94. The second kappa shape index (κ2) is 10.2. The van der Waals surface area contributed by atoms with Crippen molar-refractivity contribution >= 4 is 75.3 Å². The summed E-state index contributed by atoms with van der Waals surface area (Å²) in [6.07, 6.45) is -4.68. The first-order valence-electron chi connectivity index (χ1n) is 9.24. The van der Waals surface area contributed by atoms with Crippen LogP contribution in [0, 0.1) is 0 Å². The lowest BCUT2D eigenvalue weighted by molar-refractivity contribution is -0.288. The van der Waals surface area contributed by atoms with Gasteiger partial charge in [-0.05, 0) is 36.6 Å². The lowest BCUT2D eigenvalue weighted by Gasteiger charge is -2.49. The fourth-order valence-electron chi connectivity index (χ4n) is 3.49. The van der Waals surface area contributed by atoms with E-state index >= 15 is 0 Å². The molecule has 190 valence electrons. The number of rotatable bonds is 7. The topological polar surface area (TPSA) is 212 Å². The minimum Gasteiger partial charge on any atom is -0.477 e. The summed E-state index contributed by atoms with van der Waals surface area (Å²) in [4.78, 5) is 40.7. The number of anilines is 1. The Morgan fingerprint density at radius 3 is 2.54 bits per heavy atom. The molecule has 1 aromatic rings. The van der Waals surface area contributed by atoms with Crippen molar-refractivity contribution in [2.75, 3.05) is 5.73 Å². The van der Waals surface area contributed by atoms with Crippen molar-refractivity contribution in [1.82, 2.24) is 15.2 Å².